The monoisotopic (exact) mass is 583 g/mol. The zero-order valence-corrected chi connectivity index (χ0v) is 25.8. The van der Waals surface area contributed by atoms with Gasteiger partial charge in [-0.15, -0.1) is 6.58 Å². The molecule has 0 spiro atoms. The largest absolute Gasteiger partial charge is 0.346 e. The van der Waals surface area contributed by atoms with Crippen molar-refractivity contribution in [3.05, 3.63) is 48.0 Å². The van der Waals surface area contributed by atoms with Crippen molar-refractivity contribution in [2.45, 2.75) is 104 Å². The average Bonchev–Trinajstić information content (AvgIpc) is 3.61. The number of hydrogen-bond donors (Lipinski definition) is 4. The fourth-order valence-corrected chi connectivity index (χ4v) is 5.37. The summed E-state index contributed by atoms with van der Waals surface area (Å²) in [4.78, 5) is 66.5. The van der Waals surface area contributed by atoms with Crippen LogP contribution in [0, 0.1) is 5.92 Å². The summed E-state index contributed by atoms with van der Waals surface area (Å²) >= 11 is 0. The molecule has 232 valence electrons. The quantitative estimate of drug-likeness (QED) is 0.222. The van der Waals surface area contributed by atoms with E-state index >= 15 is 0 Å². The molecule has 42 heavy (non-hydrogen) atoms. The molecule has 10 nitrogen and oxygen atoms in total. The molecular formula is C32H49N5O5. The molecule has 0 bridgehead atoms. The lowest BCUT2D eigenvalue weighted by atomic mass is 9.94. The third-order valence-corrected chi connectivity index (χ3v) is 7.21. The van der Waals surface area contributed by atoms with Gasteiger partial charge in [0.05, 0.1) is 6.04 Å². The van der Waals surface area contributed by atoms with Crippen LogP contribution in [0.4, 0.5) is 4.79 Å². The number of carbonyl (C=O) groups excluding carboxylic acids is 5. The second-order valence-electron chi connectivity index (χ2n) is 11.3. The van der Waals surface area contributed by atoms with Gasteiger partial charge in [-0.1, -0.05) is 64.0 Å². The van der Waals surface area contributed by atoms with E-state index in [2.05, 4.69) is 41.7 Å². The Balaban J connectivity index is 0.00000197. The lowest BCUT2D eigenvalue weighted by Gasteiger charge is -2.32. The molecule has 0 aromatic heterocycles. The highest BCUT2D eigenvalue weighted by Crippen LogP contribution is 2.31. The molecule has 1 fully saturated rings. The Labute approximate surface area is 250 Å². The standard InChI is InChI=1S/C29H41N5O5.C3H8/c1-5-10-22(25(35)27(37)30-14-6-2)32-26(36)23-13-9-15-34(23)28(38)24(33-29(39)31-18(3)4)21-16-19-11-7-8-12-20(19)17-21;1-3-2/h6-8,11-12,18,21-24H,2,5,9-10,13-17H2,1,3-4H3,(H,30,37)(H,32,36)(H2,31,33,39);3H2,1-2H3/t22?,23-,24-;/m0./s1. The van der Waals surface area contributed by atoms with Gasteiger partial charge in [0.25, 0.3) is 5.91 Å². The molecule has 1 heterocycles. The van der Waals surface area contributed by atoms with Crippen LogP contribution < -0.4 is 21.3 Å². The lowest BCUT2D eigenvalue weighted by Crippen LogP contribution is -2.59. The summed E-state index contributed by atoms with van der Waals surface area (Å²) in [6.45, 7) is 13.8. The second kappa shape index (κ2) is 17.3. The molecule has 1 aliphatic carbocycles. The Hall–Kier alpha value is -3.69. The van der Waals surface area contributed by atoms with Crippen LogP contribution in [-0.4, -0.2) is 71.7 Å². The Morgan fingerprint density at radius 2 is 1.62 bits per heavy atom. The van der Waals surface area contributed by atoms with Crippen molar-refractivity contribution in [3.63, 3.8) is 0 Å². The molecular weight excluding hydrogens is 534 g/mol. The number of nitrogens with zero attached hydrogens (tertiary/aromatic N) is 1. The van der Waals surface area contributed by atoms with Gasteiger partial charge in [-0.05, 0) is 63.0 Å². The van der Waals surface area contributed by atoms with Crippen LogP contribution in [0.15, 0.2) is 36.9 Å². The Morgan fingerprint density at radius 3 is 2.17 bits per heavy atom. The molecule has 1 aromatic carbocycles. The lowest BCUT2D eigenvalue weighted by molar-refractivity contribution is -0.143. The van der Waals surface area contributed by atoms with E-state index in [1.165, 1.54) is 17.4 Å². The molecule has 0 radical (unpaired) electrons. The number of likely N-dealkylation sites (tertiary alicyclic amines) is 1. The maximum atomic E-state index is 14.0. The summed E-state index contributed by atoms with van der Waals surface area (Å²) in [7, 11) is 0. The number of nitrogens with one attached hydrogen (secondary N) is 4. The Bertz CT molecular complexity index is 1080. The van der Waals surface area contributed by atoms with E-state index in [9.17, 15) is 24.0 Å². The van der Waals surface area contributed by atoms with Crippen molar-refractivity contribution in [3.8, 4) is 0 Å². The normalized spacial score (nSPS) is 17.3. The first kappa shape index (κ1) is 34.5. The molecule has 0 saturated carbocycles. The second-order valence-corrected chi connectivity index (χ2v) is 11.3. The van der Waals surface area contributed by atoms with E-state index in [-0.39, 0.29) is 24.4 Å². The topological polar surface area (TPSA) is 137 Å². The van der Waals surface area contributed by atoms with Gasteiger partial charge < -0.3 is 26.2 Å². The smallest absolute Gasteiger partial charge is 0.315 e. The van der Waals surface area contributed by atoms with Crippen LogP contribution in [0.25, 0.3) is 0 Å². The molecule has 1 aliphatic heterocycles. The van der Waals surface area contributed by atoms with Crippen LogP contribution in [0.1, 0.15) is 77.8 Å². The number of urea groups is 1. The van der Waals surface area contributed by atoms with Crippen molar-refractivity contribution >= 4 is 29.5 Å². The minimum absolute atomic E-state index is 0.108. The molecule has 1 unspecified atom stereocenters. The van der Waals surface area contributed by atoms with Crippen molar-refractivity contribution in [1.29, 1.82) is 0 Å². The van der Waals surface area contributed by atoms with Crippen molar-refractivity contribution in [2.24, 2.45) is 5.92 Å². The zero-order chi connectivity index (χ0) is 31.2. The van der Waals surface area contributed by atoms with Gasteiger partial charge in [0.1, 0.15) is 12.1 Å². The highest BCUT2D eigenvalue weighted by Gasteiger charge is 2.42. The molecule has 10 heteroatoms. The molecule has 5 amide bonds. The minimum Gasteiger partial charge on any atom is -0.346 e. The molecule has 3 rings (SSSR count). The number of fused-ring (bicyclic) bond motifs is 1. The SMILES string of the molecule is C=CCNC(=O)C(=O)C(CCC)NC(=O)[C@@H]1CCCN1C(=O)[C@@H](NC(=O)NC(C)C)C1Cc2ccccc2C1.CCC. The first-order valence-electron chi connectivity index (χ1n) is 15.2. The van der Waals surface area contributed by atoms with E-state index in [1.54, 1.807) is 0 Å². The number of carbonyl (C=O) groups is 5. The molecule has 1 aromatic rings. The maximum absolute atomic E-state index is 14.0. The third kappa shape index (κ3) is 9.70. The number of amides is 5. The van der Waals surface area contributed by atoms with E-state index in [0.29, 0.717) is 45.1 Å². The number of ketones is 1. The molecule has 2 aliphatic rings. The van der Waals surface area contributed by atoms with Crippen molar-refractivity contribution in [1.82, 2.24) is 26.2 Å². The molecule has 4 N–H and O–H groups in total. The summed E-state index contributed by atoms with van der Waals surface area (Å²) < 4.78 is 0. The van der Waals surface area contributed by atoms with Gasteiger partial charge in [0, 0.05) is 19.1 Å². The van der Waals surface area contributed by atoms with Crippen LogP contribution in [0.2, 0.25) is 0 Å². The minimum atomic E-state index is -0.986. The number of Topliss-reactive ketones (excluding diaryl/α,β-unsaturated/α-hetero) is 1. The summed E-state index contributed by atoms with van der Waals surface area (Å²) in [6.07, 6.45) is 5.94. The van der Waals surface area contributed by atoms with E-state index in [0.717, 1.165) is 11.1 Å². The van der Waals surface area contributed by atoms with Crippen LogP contribution in [0.5, 0.6) is 0 Å². The van der Waals surface area contributed by atoms with Crippen molar-refractivity contribution in [2.75, 3.05) is 13.1 Å². The highest BCUT2D eigenvalue weighted by molar-refractivity contribution is 6.38. The van der Waals surface area contributed by atoms with Gasteiger partial charge in [-0.25, -0.2) is 4.79 Å². The van der Waals surface area contributed by atoms with Crippen molar-refractivity contribution < 1.29 is 24.0 Å². The summed E-state index contributed by atoms with van der Waals surface area (Å²) in [5.74, 6) is -2.44. The maximum Gasteiger partial charge on any atom is 0.315 e. The fourth-order valence-electron chi connectivity index (χ4n) is 5.37. The molecule has 3 atom stereocenters. The fraction of sp³-hybridized carbons (Fsp3) is 0.594. The van der Waals surface area contributed by atoms with Crippen LogP contribution in [-0.2, 0) is 32.0 Å². The predicted octanol–water partition coefficient (Wildman–Crippen LogP) is 3.04. The number of hydrogen-bond acceptors (Lipinski definition) is 5. The van der Waals surface area contributed by atoms with E-state index in [4.69, 9.17) is 0 Å². The van der Waals surface area contributed by atoms with Gasteiger partial charge >= 0.3 is 6.03 Å². The van der Waals surface area contributed by atoms with Crippen LogP contribution in [0.3, 0.4) is 0 Å². The average molecular weight is 584 g/mol. The third-order valence-electron chi connectivity index (χ3n) is 7.21. The first-order chi connectivity index (χ1) is 20.1. The van der Waals surface area contributed by atoms with Crippen LogP contribution >= 0.6 is 0 Å². The highest BCUT2D eigenvalue weighted by atomic mass is 16.2. The predicted molar refractivity (Wildman–Crippen MR) is 164 cm³/mol. The zero-order valence-electron chi connectivity index (χ0n) is 25.8. The van der Waals surface area contributed by atoms with Gasteiger partial charge in [0.2, 0.25) is 17.6 Å². The Morgan fingerprint density at radius 1 is 1.00 bits per heavy atom. The molecule has 1 saturated heterocycles. The summed E-state index contributed by atoms with van der Waals surface area (Å²) in [5.41, 5.74) is 2.30. The number of benzene rings is 1. The van der Waals surface area contributed by atoms with Gasteiger partial charge in [-0.3, -0.25) is 19.2 Å². The number of rotatable bonds is 12. The summed E-state index contributed by atoms with van der Waals surface area (Å²) in [6, 6.07) is 4.86. The Kier molecular flexibility index (Phi) is 14.2. The van der Waals surface area contributed by atoms with E-state index in [1.807, 2.05) is 45.0 Å². The van der Waals surface area contributed by atoms with E-state index < -0.39 is 41.8 Å². The van der Waals surface area contributed by atoms with Gasteiger partial charge in [-0.2, -0.15) is 0 Å². The first-order valence-corrected chi connectivity index (χ1v) is 15.2. The summed E-state index contributed by atoms with van der Waals surface area (Å²) in [5, 5.41) is 10.9. The van der Waals surface area contributed by atoms with Gasteiger partial charge in [0.15, 0.2) is 0 Å².